The molecule has 8 heteroatoms. The van der Waals surface area contributed by atoms with Crippen molar-refractivity contribution in [1.82, 2.24) is 4.72 Å². The zero-order valence-corrected chi connectivity index (χ0v) is 11.4. The van der Waals surface area contributed by atoms with Crippen molar-refractivity contribution in [3.05, 3.63) is 59.4 Å². The standard InChI is InChI=1S/C13H11F3N2O2S/c14-9-4-2-1-3-8(9)7-18-21(19,20)13-6-12(17)10(15)5-11(13)16/h1-6,18H,7,17H2. The maximum absolute atomic E-state index is 13.5. The van der Waals surface area contributed by atoms with Crippen molar-refractivity contribution >= 4 is 15.7 Å². The van der Waals surface area contributed by atoms with Crippen LogP contribution in [0.3, 0.4) is 0 Å². The number of nitrogens with two attached hydrogens (primary N) is 1. The summed E-state index contributed by atoms with van der Waals surface area (Å²) in [4.78, 5) is -0.794. The highest BCUT2D eigenvalue weighted by Gasteiger charge is 2.21. The van der Waals surface area contributed by atoms with Crippen molar-refractivity contribution < 1.29 is 21.6 Å². The molecular formula is C13H11F3N2O2S. The van der Waals surface area contributed by atoms with E-state index in [1.54, 1.807) is 0 Å². The molecule has 0 aromatic heterocycles. The lowest BCUT2D eigenvalue weighted by Gasteiger charge is -2.09. The summed E-state index contributed by atoms with van der Waals surface area (Å²) in [5, 5.41) is 0. The molecule has 0 aliphatic carbocycles. The third-order valence-corrected chi connectivity index (χ3v) is 4.17. The Balaban J connectivity index is 2.27. The summed E-state index contributed by atoms with van der Waals surface area (Å²) in [6.45, 7) is -0.369. The fourth-order valence-electron chi connectivity index (χ4n) is 1.64. The molecule has 2 aromatic carbocycles. The topological polar surface area (TPSA) is 72.2 Å². The number of hydrogen-bond acceptors (Lipinski definition) is 3. The van der Waals surface area contributed by atoms with E-state index in [0.717, 1.165) is 0 Å². The second-order valence-electron chi connectivity index (χ2n) is 4.22. The Labute approximate surface area is 119 Å². The molecule has 112 valence electrons. The number of benzene rings is 2. The lowest BCUT2D eigenvalue weighted by molar-refractivity contribution is 0.543. The molecule has 0 fully saturated rings. The Morgan fingerprint density at radius 1 is 1.00 bits per heavy atom. The molecule has 0 radical (unpaired) electrons. The van der Waals surface area contributed by atoms with Gasteiger partial charge in [0.05, 0.1) is 5.69 Å². The largest absolute Gasteiger partial charge is 0.396 e. The molecule has 2 rings (SSSR count). The molecule has 21 heavy (non-hydrogen) atoms. The Bertz CT molecular complexity index is 779. The summed E-state index contributed by atoms with van der Waals surface area (Å²) in [5.41, 5.74) is 4.82. The van der Waals surface area contributed by atoms with E-state index in [0.29, 0.717) is 12.1 Å². The van der Waals surface area contributed by atoms with Crippen LogP contribution in [0.4, 0.5) is 18.9 Å². The Hall–Kier alpha value is -2.06. The van der Waals surface area contributed by atoms with Gasteiger partial charge in [0.25, 0.3) is 0 Å². The number of hydrogen-bond donors (Lipinski definition) is 2. The first-order chi connectivity index (χ1) is 9.81. The van der Waals surface area contributed by atoms with E-state index in [2.05, 4.69) is 0 Å². The van der Waals surface area contributed by atoms with Crippen molar-refractivity contribution in [2.24, 2.45) is 0 Å². The van der Waals surface area contributed by atoms with Crippen LogP contribution in [-0.2, 0) is 16.6 Å². The van der Waals surface area contributed by atoms with Crippen molar-refractivity contribution in [3.63, 3.8) is 0 Å². The molecule has 0 unspecified atom stereocenters. The molecule has 0 saturated carbocycles. The average Bonchev–Trinajstić information content (AvgIpc) is 2.42. The molecule has 0 bridgehead atoms. The summed E-state index contributed by atoms with van der Waals surface area (Å²) in [6, 6.07) is 6.59. The zero-order valence-electron chi connectivity index (χ0n) is 10.6. The molecule has 0 saturated heterocycles. The highest BCUT2D eigenvalue weighted by atomic mass is 32.2. The molecular weight excluding hydrogens is 305 g/mol. The summed E-state index contributed by atoms with van der Waals surface area (Å²) < 4.78 is 65.9. The van der Waals surface area contributed by atoms with Gasteiger partial charge in [0, 0.05) is 18.2 Å². The molecule has 2 aromatic rings. The van der Waals surface area contributed by atoms with Crippen LogP contribution >= 0.6 is 0 Å². The first-order valence-corrected chi connectivity index (χ1v) is 7.27. The minimum Gasteiger partial charge on any atom is -0.396 e. The van der Waals surface area contributed by atoms with Gasteiger partial charge in [0.2, 0.25) is 10.0 Å². The average molecular weight is 316 g/mol. The van der Waals surface area contributed by atoms with E-state index in [-0.39, 0.29) is 12.1 Å². The number of sulfonamides is 1. The molecule has 0 atom stereocenters. The van der Waals surface area contributed by atoms with E-state index in [1.165, 1.54) is 24.3 Å². The third-order valence-electron chi connectivity index (χ3n) is 2.75. The molecule has 0 amide bonds. The van der Waals surface area contributed by atoms with Crippen molar-refractivity contribution in [1.29, 1.82) is 0 Å². The van der Waals surface area contributed by atoms with E-state index in [1.807, 2.05) is 4.72 Å². The second-order valence-corrected chi connectivity index (χ2v) is 5.96. The Kier molecular flexibility index (Phi) is 4.19. The SMILES string of the molecule is Nc1cc(S(=O)(=O)NCc2ccccc2F)c(F)cc1F. The van der Waals surface area contributed by atoms with Gasteiger partial charge in [-0.1, -0.05) is 18.2 Å². The molecule has 0 aliphatic heterocycles. The molecule has 4 nitrogen and oxygen atoms in total. The van der Waals surface area contributed by atoms with Crippen LogP contribution in [0.15, 0.2) is 41.3 Å². The molecule has 0 heterocycles. The van der Waals surface area contributed by atoms with E-state index >= 15 is 0 Å². The lowest BCUT2D eigenvalue weighted by atomic mass is 10.2. The van der Waals surface area contributed by atoms with Gasteiger partial charge in [-0.25, -0.2) is 26.3 Å². The number of halogens is 3. The van der Waals surface area contributed by atoms with Gasteiger partial charge in [-0.2, -0.15) is 0 Å². The predicted octanol–water partition coefficient (Wildman–Crippen LogP) is 2.16. The Morgan fingerprint density at radius 3 is 2.33 bits per heavy atom. The molecule has 0 aliphatic rings. The number of anilines is 1. The second kappa shape index (κ2) is 5.74. The summed E-state index contributed by atoms with van der Waals surface area (Å²) in [6.07, 6.45) is 0. The summed E-state index contributed by atoms with van der Waals surface area (Å²) >= 11 is 0. The first kappa shape index (κ1) is 15.3. The fraction of sp³-hybridized carbons (Fsp3) is 0.0769. The van der Waals surface area contributed by atoms with Crippen LogP contribution in [0.5, 0.6) is 0 Å². The highest BCUT2D eigenvalue weighted by molar-refractivity contribution is 7.89. The van der Waals surface area contributed by atoms with Gasteiger partial charge in [-0.05, 0) is 12.1 Å². The van der Waals surface area contributed by atoms with Crippen molar-refractivity contribution in [2.45, 2.75) is 11.4 Å². The quantitative estimate of drug-likeness (QED) is 0.849. The third kappa shape index (κ3) is 3.34. The van der Waals surface area contributed by atoms with Gasteiger partial charge in [0.15, 0.2) is 0 Å². The van der Waals surface area contributed by atoms with E-state index in [9.17, 15) is 21.6 Å². The van der Waals surface area contributed by atoms with Crippen molar-refractivity contribution in [2.75, 3.05) is 5.73 Å². The normalized spacial score (nSPS) is 11.6. The van der Waals surface area contributed by atoms with Gasteiger partial charge >= 0.3 is 0 Å². The van der Waals surface area contributed by atoms with Gasteiger partial charge in [-0.15, -0.1) is 0 Å². The zero-order chi connectivity index (χ0) is 15.6. The van der Waals surface area contributed by atoms with Crippen LogP contribution in [-0.4, -0.2) is 8.42 Å². The van der Waals surface area contributed by atoms with Gasteiger partial charge in [0.1, 0.15) is 22.3 Å². The van der Waals surface area contributed by atoms with Crippen molar-refractivity contribution in [3.8, 4) is 0 Å². The van der Waals surface area contributed by atoms with Crippen LogP contribution in [0.2, 0.25) is 0 Å². The van der Waals surface area contributed by atoms with Crippen LogP contribution in [0, 0.1) is 17.5 Å². The number of rotatable bonds is 4. The smallest absolute Gasteiger partial charge is 0.243 e. The summed E-state index contributed by atoms with van der Waals surface area (Å²) in [7, 11) is -4.28. The minimum absolute atomic E-state index is 0.0940. The van der Waals surface area contributed by atoms with Crippen LogP contribution < -0.4 is 10.5 Å². The predicted molar refractivity (Wildman–Crippen MR) is 71.2 cm³/mol. The van der Waals surface area contributed by atoms with Crippen LogP contribution in [0.25, 0.3) is 0 Å². The maximum Gasteiger partial charge on any atom is 0.243 e. The van der Waals surface area contributed by atoms with Gasteiger partial charge in [-0.3, -0.25) is 0 Å². The lowest BCUT2D eigenvalue weighted by Crippen LogP contribution is -2.25. The van der Waals surface area contributed by atoms with Gasteiger partial charge < -0.3 is 5.73 Å². The first-order valence-electron chi connectivity index (χ1n) is 5.79. The fourth-order valence-corrected chi connectivity index (χ4v) is 2.74. The van der Waals surface area contributed by atoms with Crippen LogP contribution in [0.1, 0.15) is 5.56 Å². The van der Waals surface area contributed by atoms with E-state index < -0.39 is 38.1 Å². The number of nitrogen functional groups attached to an aromatic ring is 1. The Morgan fingerprint density at radius 2 is 1.67 bits per heavy atom. The number of nitrogens with one attached hydrogen (secondary N) is 1. The summed E-state index contributed by atoms with van der Waals surface area (Å²) in [5.74, 6) is -2.93. The molecule has 3 N–H and O–H groups in total. The monoisotopic (exact) mass is 316 g/mol. The maximum atomic E-state index is 13.5. The van der Waals surface area contributed by atoms with E-state index in [4.69, 9.17) is 5.73 Å². The minimum atomic E-state index is -4.28. The highest BCUT2D eigenvalue weighted by Crippen LogP contribution is 2.21. The molecule has 0 spiro atoms.